The van der Waals surface area contributed by atoms with Gasteiger partial charge in [-0.15, -0.1) is 0 Å². The third-order valence-electron chi connectivity index (χ3n) is 4.62. The lowest BCUT2D eigenvalue weighted by atomic mass is 10.1. The molecular weight excluding hydrogens is 314 g/mol. The molecule has 1 aromatic carbocycles. The van der Waals surface area contributed by atoms with E-state index in [-0.39, 0.29) is 5.91 Å². The number of amides is 1. The van der Waals surface area contributed by atoms with E-state index in [2.05, 4.69) is 34.1 Å². The molecule has 0 bridgehead atoms. The number of pyridine rings is 1. The number of benzene rings is 1. The van der Waals surface area contributed by atoms with Crippen LogP contribution in [0, 0.1) is 0 Å². The number of methoxy groups -OCH3 is 1. The van der Waals surface area contributed by atoms with Crippen molar-refractivity contribution in [2.45, 2.75) is 25.8 Å². The van der Waals surface area contributed by atoms with E-state index in [0.29, 0.717) is 18.0 Å². The van der Waals surface area contributed by atoms with E-state index in [1.54, 1.807) is 30.3 Å². The number of carbonyl (C=O) groups excluding carboxylic acids is 1. The Morgan fingerprint density at radius 1 is 1.12 bits per heavy atom. The van der Waals surface area contributed by atoms with Gasteiger partial charge in [-0.3, -0.25) is 4.79 Å². The maximum atomic E-state index is 12.5. The number of piperidine rings is 1. The van der Waals surface area contributed by atoms with Crippen LogP contribution in [0.5, 0.6) is 5.88 Å². The molecule has 1 amide bonds. The first kappa shape index (κ1) is 17.3. The highest BCUT2D eigenvalue weighted by molar-refractivity contribution is 5.93. The molecule has 1 aliphatic heterocycles. The number of hydrogen-bond acceptors (Lipinski definition) is 4. The molecule has 132 valence electrons. The molecule has 0 aliphatic carbocycles. The van der Waals surface area contributed by atoms with Crippen LogP contribution in [0.25, 0.3) is 0 Å². The molecule has 0 saturated carbocycles. The predicted octanol–water partition coefficient (Wildman–Crippen LogP) is 3.35. The molecule has 25 heavy (non-hydrogen) atoms. The first-order valence-corrected chi connectivity index (χ1v) is 8.77. The van der Waals surface area contributed by atoms with Gasteiger partial charge < -0.3 is 14.5 Å². The van der Waals surface area contributed by atoms with E-state index in [1.165, 1.54) is 24.9 Å². The van der Waals surface area contributed by atoms with Gasteiger partial charge in [-0.05, 0) is 43.0 Å². The smallest absolute Gasteiger partial charge is 0.255 e. The Morgan fingerprint density at radius 2 is 1.84 bits per heavy atom. The number of ether oxygens (including phenoxy) is 1. The van der Waals surface area contributed by atoms with Gasteiger partial charge in [0.15, 0.2) is 0 Å². The van der Waals surface area contributed by atoms with Crippen molar-refractivity contribution in [2.24, 2.45) is 0 Å². The van der Waals surface area contributed by atoms with Crippen molar-refractivity contribution in [3.63, 3.8) is 0 Å². The Bertz CT molecular complexity index is 692. The average molecular weight is 339 g/mol. The molecule has 3 rings (SSSR count). The van der Waals surface area contributed by atoms with Crippen LogP contribution >= 0.6 is 0 Å². The summed E-state index contributed by atoms with van der Waals surface area (Å²) < 4.78 is 5.03. The molecule has 1 aromatic heterocycles. The van der Waals surface area contributed by atoms with Crippen LogP contribution in [0.1, 0.15) is 35.2 Å². The molecule has 0 spiro atoms. The number of nitrogens with zero attached hydrogens (tertiary/aromatic N) is 3. The first-order chi connectivity index (χ1) is 12.2. The van der Waals surface area contributed by atoms with Crippen LogP contribution < -0.4 is 9.64 Å². The summed E-state index contributed by atoms with van der Waals surface area (Å²) in [4.78, 5) is 20.7. The molecule has 0 atom stereocenters. The summed E-state index contributed by atoms with van der Waals surface area (Å²) in [5.74, 6) is 0.461. The first-order valence-electron chi connectivity index (χ1n) is 8.77. The lowest BCUT2D eigenvalue weighted by molar-refractivity contribution is 0.0784. The molecule has 5 heteroatoms. The second kappa shape index (κ2) is 8.01. The van der Waals surface area contributed by atoms with Gasteiger partial charge in [-0.1, -0.05) is 12.1 Å². The molecular formula is C20H25N3O2. The lowest BCUT2D eigenvalue weighted by Gasteiger charge is -2.29. The molecule has 0 radical (unpaired) electrons. The summed E-state index contributed by atoms with van der Waals surface area (Å²) in [6.45, 7) is 2.86. The van der Waals surface area contributed by atoms with Crippen LogP contribution in [-0.2, 0) is 6.54 Å². The Kier molecular flexibility index (Phi) is 5.53. The van der Waals surface area contributed by atoms with Crippen LogP contribution in [0.15, 0.2) is 42.6 Å². The summed E-state index contributed by atoms with van der Waals surface area (Å²) in [7, 11) is 3.37. The highest BCUT2D eigenvalue weighted by Crippen LogP contribution is 2.21. The standard InChI is InChI=1S/C20H25N3O2/c1-22(20(24)17-8-11-19(25-2)21-14-17)15-16-6-9-18(10-7-16)23-12-4-3-5-13-23/h6-11,14H,3-5,12-13,15H2,1-2H3. The maximum absolute atomic E-state index is 12.5. The van der Waals surface area contributed by atoms with E-state index >= 15 is 0 Å². The van der Waals surface area contributed by atoms with Gasteiger partial charge >= 0.3 is 0 Å². The van der Waals surface area contributed by atoms with Gasteiger partial charge in [0, 0.05) is 44.6 Å². The van der Waals surface area contributed by atoms with Gasteiger partial charge in [0.1, 0.15) is 0 Å². The zero-order valence-corrected chi connectivity index (χ0v) is 14.9. The van der Waals surface area contributed by atoms with Gasteiger partial charge in [-0.2, -0.15) is 0 Å². The molecule has 2 heterocycles. The van der Waals surface area contributed by atoms with Gasteiger partial charge in [0.05, 0.1) is 12.7 Å². The van der Waals surface area contributed by atoms with Crippen LogP contribution in [0.3, 0.4) is 0 Å². The second-order valence-corrected chi connectivity index (χ2v) is 6.46. The normalized spacial score (nSPS) is 14.2. The number of hydrogen-bond donors (Lipinski definition) is 0. The highest BCUT2D eigenvalue weighted by Gasteiger charge is 2.14. The quantitative estimate of drug-likeness (QED) is 0.838. The maximum Gasteiger partial charge on any atom is 0.255 e. The number of aromatic nitrogens is 1. The van der Waals surface area contributed by atoms with Crippen molar-refractivity contribution in [3.05, 3.63) is 53.7 Å². The minimum atomic E-state index is -0.0461. The molecule has 0 N–H and O–H groups in total. The molecule has 1 saturated heterocycles. The summed E-state index contributed by atoms with van der Waals surface area (Å²) in [6.07, 6.45) is 5.43. The zero-order valence-electron chi connectivity index (χ0n) is 14.9. The van der Waals surface area contributed by atoms with Crippen LogP contribution in [0.4, 0.5) is 5.69 Å². The van der Waals surface area contributed by atoms with E-state index in [9.17, 15) is 4.79 Å². The van der Waals surface area contributed by atoms with Gasteiger partial charge in [0.25, 0.3) is 5.91 Å². The van der Waals surface area contributed by atoms with Gasteiger partial charge in [-0.25, -0.2) is 4.98 Å². The van der Waals surface area contributed by atoms with Gasteiger partial charge in [0.2, 0.25) is 5.88 Å². The summed E-state index contributed by atoms with van der Waals surface area (Å²) in [6, 6.07) is 12.0. The molecule has 1 aliphatic rings. The number of anilines is 1. The van der Waals surface area contributed by atoms with Crippen molar-refractivity contribution in [2.75, 3.05) is 32.1 Å². The van der Waals surface area contributed by atoms with E-state index in [1.807, 2.05) is 7.05 Å². The highest BCUT2D eigenvalue weighted by atomic mass is 16.5. The minimum absolute atomic E-state index is 0.0461. The Morgan fingerprint density at radius 3 is 2.44 bits per heavy atom. The van der Waals surface area contributed by atoms with E-state index < -0.39 is 0 Å². The third-order valence-corrected chi connectivity index (χ3v) is 4.62. The molecule has 5 nitrogen and oxygen atoms in total. The van der Waals surface area contributed by atoms with Crippen molar-refractivity contribution < 1.29 is 9.53 Å². The largest absolute Gasteiger partial charge is 0.481 e. The number of carbonyl (C=O) groups is 1. The van der Waals surface area contributed by atoms with Crippen molar-refractivity contribution >= 4 is 11.6 Å². The van der Waals surface area contributed by atoms with E-state index in [4.69, 9.17) is 4.74 Å². The Hall–Kier alpha value is -2.56. The molecule has 2 aromatic rings. The fourth-order valence-corrected chi connectivity index (χ4v) is 3.16. The van der Waals surface area contributed by atoms with Crippen molar-refractivity contribution in [1.82, 2.24) is 9.88 Å². The Labute approximate surface area is 149 Å². The fourth-order valence-electron chi connectivity index (χ4n) is 3.16. The van der Waals surface area contributed by atoms with Crippen molar-refractivity contribution in [1.29, 1.82) is 0 Å². The topological polar surface area (TPSA) is 45.7 Å². The monoisotopic (exact) mass is 339 g/mol. The van der Waals surface area contributed by atoms with E-state index in [0.717, 1.165) is 18.7 Å². The molecule has 1 fully saturated rings. The SMILES string of the molecule is COc1ccc(C(=O)N(C)Cc2ccc(N3CCCCC3)cc2)cn1. The lowest BCUT2D eigenvalue weighted by Crippen LogP contribution is -2.29. The summed E-state index contributed by atoms with van der Waals surface area (Å²) >= 11 is 0. The number of rotatable bonds is 5. The van der Waals surface area contributed by atoms with Crippen LogP contribution in [0.2, 0.25) is 0 Å². The Balaban J connectivity index is 1.61. The minimum Gasteiger partial charge on any atom is -0.481 e. The molecule has 0 unspecified atom stereocenters. The fraction of sp³-hybridized carbons (Fsp3) is 0.400. The second-order valence-electron chi connectivity index (χ2n) is 6.46. The third kappa shape index (κ3) is 4.29. The zero-order chi connectivity index (χ0) is 17.6. The summed E-state index contributed by atoms with van der Waals surface area (Å²) in [5, 5.41) is 0. The average Bonchev–Trinajstić information content (AvgIpc) is 2.68. The predicted molar refractivity (Wildman–Crippen MR) is 99.1 cm³/mol. The van der Waals surface area contributed by atoms with Crippen LogP contribution in [-0.4, -0.2) is 43.0 Å². The van der Waals surface area contributed by atoms with Crippen molar-refractivity contribution in [3.8, 4) is 5.88 Å². The summed E-state index contributed by atoms with van der Waals surface area (Å²) in [5.41, 5.74) is 2.96.